The maximum absolute atomic E-state index is 12.4. The van der Waals surface area contributed by atoms with Crippen LogP contribution in [0.15, 0.2) is 18.2 Å². The molecule has 1 heterocycles. The molecule has 1 N–H and O–H groups in total. The van der Waals surface area contributed by atoms with E-state index in [-0.39, 0.29) is 11.8 Å². The van der Waals surface area contributed by atoms with Crippen LogP contribution >= 0.6 is 0 Å². The minimum absolute atomic E-state index is 0.0294. The van der Waals surface area contributed by atoms with Crippen molar-refractivity contribution in [2.45, 2.75) is 45.1 Å². The van der Waals surface area contributed by atoms with Crippen LogP contribution in [0.3, 0.4) is 0 Å². The maximum atomic E-state index is 12.4. The van der Waals surface area contributed by atoms with Gasteiger partial charge in [-0.15, -0.1) is 0 Å². The molecule has 1 aliphatic heterocycles. The molecule has 0 amide bonds. The number of aryl methyl sites for hydroxylation is 1. The first-order valence-electron chi connectivity index (χ1n) is 7.43. The van der Waals surface area contributed by atoms with Crippen LogP contribution in [0.1, 0.15) is 48.5 Å². The minimum Gasteiger partial charge on any atom is -0.294 e. The largest absolute Gasteiger partial charge is 0.301 e. The van der Waals surface area contributed by atoms with Crippen molar-refractivity contribution in [3.05, 3.63) is 29.3 Å². The summed E-state index contributed by atoms with van der Waals surface area (Å²) >= 11 is 0. The van der Waals surface area contributed by atoms with Gasteiger partial charge in [-0.2, -0.15) is 12.7 Å². The lowest BCUT2D eigenvalue weighted by molar-refractivity contribution is 0.0972. The van der Waals surface area contributed by atoms with E-state index in [1.165, 1.54) is 4.31 Å². The number of nitrogens with one attached hydrogen (secondary N) is 1. The van der Waals surface area contributed by atoms with Gasteiger partial charge in [-0.1, -0.05) is 6.07 Å². The van der Waals surface area contributed by atoms with Gasteiger partial charge >= 0.3 is 10.2 Å². The van der Waals surface area contributed by atoms with Crippen LogP contribution in [-0.2, 0) is 16.6 Å². The minimum atomic E-state index is -3.53. The van der Waals surface area contributed by atoms with Crippen LogP contribution in [0.25, 0.3) is 0 Å². The molecule has 0 saturated carbocycles. The second-order valence-corrected chi connectivity index (χ2v) is 7.48. The Balaban J connectivity index is 1.85. The van der Waals surface area contributed by atoms with Crippen LogP contribution < -0.4 is 4.72 Å². The average molecular weight is 308 g/mol. The molecule has 1 aromatic rings. The fraction of sp³-hybridized carbons (Fsp3) is 0.533. The molecule has 2 aliphatic rings. The highest BCUT2D eigenvalue weighted by atomic mass is 32.2. The summed E-state index contributed by atoms with van der Waals surface area (Å²) < 4.78 is 28.9. The molecule has 1 aromatic carbocycles. The number of hydrogen-bond acceptors (Lipinski definition) is 3. The molecule has 0 spiro atoms. The first-order valence-corrected chi connectivity index (χ1v) is 8.87. The average Bonchev–Trinajstić information content (AvgIpc) is 2.86. The van der Waals surface area contributed by atoms with Crippen LogP contribution in [-0.4, -0.2) is 31.1 Å². The van der Waals surface area contributed by atoms with E-state index in [0.29, 0.717) is 24.2 Å². The summed E-state index contributed by atoms with van der Waals surface area (Å²) in [5.74, 6) is 0.104. The summed E-state index contributed by atoms with van der Waals surface area (Å²) in [6.45, 7) is 2.48. The number of benzene rings is 1. The van der Waals surface area contributed by atoms with Gasteiger partial charge in [-0.25, -0.2) is 0 Å². The normalized spacial score (nSPS) is 23.1. The van der Waals surface area contributed by atoms with Crippen molar-refractivity contribution in [2.24, 2.45) is 0 Å². The zero-order valence-electron chi connectivity index (χ0n) is 12.1. The number of carbonyl (C=O) groups is 1. The monoisotopic (exact) mass is 308 g/mol. The molecule has 6 heteroatoms. The number of Topliss-reactive ketones (excluding diaryl/α,β-unsaturated/α-hetero) is 1. The molecule has 3 rings (SSSR count). The van der Waals surface area contributed by atoms with Crippen LogP contribution in [0.2, 0.25) is 0 Å². The van der Waals surface area contributed by atoms with Gasteiger partial charge in [0.2, 0.25) is 0 Å². The lowest BCUT2D eigenvalue weighted by Crippen LogP contribution is -2.38. The van der Waals surface area contributed by atoms with Crippen molar-refractivity contribution < 1.29 is 13.2 Å². The third-order valence-electron chi connectivity index (χ3n) is 4.31. The maximum Gasteiger partial charge on any atom is 0.301 e. The Kier molecular flexibility index (Phi) is 3.75. The van der Waals surface area contributed by atoms with Gasteiger partial charge in [-0.3, -0.25) is 9.52 Å². The molecule has 1 unspecified atom stereocenters. The Labute approximate surface area is 125 Å². The number of carbonyl (C=O) groups excluding carboxylic acids is 1. The Hall–Kier alpha value is -1.40. The van der Waals surface area contributed by atoms with Gasteiger partial charge < -0.3 is 0 Å². The fourth-order valence-corrected chi connectivity index (χ4v) is 4.65. The predicted octanol–water partition coefficient (Wildman–Crippen LogP) is 2.35. The van der Waals surface area contributed by atoms with E-state index in [9.17, 15) is 13.2 Å². The van der Waals surface area contributed by atoms with Crippen molar-refractivity contribution in [2.75, 3.05) is 11.3 Å². The van der Waals surface area contributed by atoms with E-state index in [1.807, 2.05) is 13.0 Å². The van der Waals surface area contributed by atoms with E-state index in [2.05, 4.69) is 4.72 Å². The topological polar surface area (TPSA) is 66.5 Å². The lowest BCUT2D eigenvalue weighted by atomic mass is 9.90. The zero-order valence-corrected chi connectivity index (χ0v) is 12.9. The first-order chi connectivity index (χ1) is 9.97. The molecule has 1 aliphatic carbocycles. The summed E-state index contributed by atoms with van der Waals surface area (Å²) in [5, 5.41) is 0. The summed E-state index contributed by atoms with van der Waals surface area (Å²) in [6, 6.07) is 5.31. The van der Waals surface area contributed by atoms with Crippen molar-refractivity contribution in [3.63, 3.8) is 0 Å². The van der Waals surface area contributed by atoms with Gasteiger partial charge in [0, 0.05) is 24.6 Å². The molecule has 5 nitrogen and oxygen atoms in total. The number of rotatable bonds is 3. The van der Waals surface area contributed by atoms with Crippen molar-refractivity contribution in [3.8, 4) is 0 Å². The molecule has 1 saturated heterocycles. The van der Waals surface area contributed by atoms with Crippen LogP contribution in [0.4, 0.5) is 5.69 Å². The molecule has 114 valence electrons. The second-order valence-electron chi connectivity index (χ2n) is 5.86. The summed E-state index contributed by atoms with van der Waals surface area (Å²) in [5.41, 5.74) is 2.16. The Morgan fingerprint density at radius 3 is 2.76 bits per heavy atom. The van der Waals surface area contributed by atoms with Crippen molar-refractivity contribution >= 4 is 21.7 Å². The number of ketones is 1. The highest BCUT2D eigenvalue weighted by Crippen LogP contribution is 2.26. The molecule has 1 atom stereocenters. The molecular weight excluding hydrogens is 288 g/mol. The van der Waals surface area contributed by atoms with E-state index in [1.54, 1.807) is 12.1 Å². The fourth-order valence-electron chi connectivity index (χ4n) is 3.16. The molecular formula is C15H20N2O3S. The third kappa shape index (κ3) is 2.82. The van der Waals surface area contributed by atoms with E-state index in [0.717, 1.165) is 31.2 Å². The molecule has 0 radical (unpaired) electrons. The molecule has 0 aromatic heterocycles. The number of nitrogens with zero attached hydrogens (tertiary/aromatic N) is 1. The molecule has 21 heavy (non-hydrogen) atoms. The quantitative estimate of drug-likeness (QED) is 0.932. The zero-order chi connectivity index (χ0) is 15.0. The van der Waals surface area contributed by atoms with E-state index in [4.69, 9.17) is 0 Å². The van der Waals surface area contributed by atoms with E-state index < -0.39 is 10.2 Å². The van der Waals surface area contributed by atoms with Crippen molar-refractivity contribution in [1.29, 1.82) is 0 Å². The van der Waals surface area contributed by atoms with Gasteiger partial charge in [0.1, 0.15) is 0 Å². The smallest absolute Gasteiger partial charge is 0.294 e. The second kappa shape index (κ2) is 5.42. The first kappa shape index (κ1) is 14.5. The molecule has 1 fully saturated rings. The summed E-state index contributed by atoms with van der Waals surface area (Å²) in [7, 11) is -3.53. The SMILES string of the molecule is CC1CCCN1S(=O)(=O)Nc1ccc2c(c1)C(=O)CCC2. The summed E-state index contributed by atoms with van der Waals surface area (Å²) in [4.78, 5) is 11.9. The van der Waals surface area contributed by atoms with Crippen molar-refractivity contribution in [1.82, 2.24) is 4.31 Å². The van der Waals surface area contributed by atoms with Crippen LogP contribution in [0, 0.1) is 0 Å². The van der Waals surface area contributed by atoms with Gasteiger partial charge in [0.05, 0.1) is 5.69 Å². The predicted molar refractivity (Wildman–Crippen MR) is 81.7 cm³/mol. The Morgan fingerprint density at radius 1 is 1.24 bits per heavy atom. The van der Waals surface area contributed by atoms with Gasteiger partial charge in [0.25, 0.3) is 0 Å². The highest BCUT2D eigenvalue weighted by Gasteiger charge is 2.31. The van der Waals surface area contributed by atoms with Gasteiger partial charge in [0.15, 0.2) is 5.78 Å². The number of anilines is 1. The third-order valence-corrected chi connectivity index (χ3v) is 5.96. The lowest BCUT2D eigenvalue weighted by Gasteiger charge is -2.22. The van der Waals surface area contributed by atoms with Crippen LogP contribution in [0.5, 0.6) is 0 Å². The molecule has 0 bridgehead atoms. The van der Waals surface area contributed by atoms with E-state index >= 15 is 0 Å². The highest BCUT2D eigenvalue weighted by molar-refractivity contribution is 7.90. The van der Waals surface area contributed by atoms with Gasteiger partial charge in [-0.05, 0) is 50.3 Å². The standard InChI is InChI=1S/C15H20N2O3S/c1-11-4-3-9-17(11)21(19,20)16-13-8-7-12-5-2-6-15(18)14(12)10-13/h7-8,10-11,16H,2-6,9H2,1H3. The number of hydrogen-bond donors (Lipinski definition) is 1. The Bertz CT molecular complexity index is 669. The Morgan fingerprint density at radius 2 is 2.05 bits per heavy atom. The number of fused-ring (bicyclic) bond motifs is 1. The summed E-state index contributed by atoms with van der Waals surface area (Å²) in [6.07, 6.45) is 4.10.